The number of pyridine rings is 1. The van der Waals surface area contributed by atoms with Gasteiger partial charge in [-0.1, -0.05) is 33.3 Å². The van der Waals surface area contributed by atoms with Crippen LogP contribution in [0.5, 0.6) is 0 Å². The Kier molecular flexibility index (Phi) is 5.46. The second kappa shape index (κ2) is 7.53. The van der Waals surface area contributed by atoms with Crippen LogP contribution in [-0.2, 0) is 9.59 Å². The smallest absolute Gasteiger partial charge is 0.323 e. The fourth-order valence-corrected chi connectivity index (χ4v) is 4.21. The van der Waals surface area contributed by atoms with Gasteiger partial charge >= 0.3 is 6.03 Å². The van der Waals surface area contributed by atoms with Gasteiger partial charge in [0.25, 0.3) is 5.91 Å². The Morgan fingerprint density at radius 2 is 2.00 bits per heavy atom. The molecule has 0 unspecified atom stereocenters. The molecule has 0 aromatic carbocycles. The molecule has 1 aromatic heterocycles. The molecule has 1 saturated heterocycles. The quantitative estimate of drug-likeness (QED) is 0.760. The van der Waals surface area contributed by atoms with E-state index in [1.54, 1.807) is 12.3 Å². The van der Waals surface area contributed by atoms with Crippen LogP contribution in [0.4, 0.5) is 10.6 Å². The Bertz CT molecular complexity index is 764. The first-order chi connectivity index (χ1) is 13.2. The van der Waals surface area contributed by atoms with E-state index in [1.807, 2.05) is 13.0 Å². The Morgan fingerprint density at radius 1 is 1.32 bits per heavy atom. The largest absolute Gasteiger partial charge is 0.325 e. The zero-order chi connectivity index (χ0) is 20.5. The highest BCUT2D eigenvalue weighted by molar-refractivity contribution is 6.10. The molecule has 1 spiro atoms. The number of carbonyl (C=O) groups excluding carboxylic acids is 3. The maximum Gasteiger partial charge on any atom is 0.325 e. The summed E-state index contributed by atoms with van der Waals surface area (Å²) in [6.45, 7) is 8.32. The first kappa shape index (κ1) is 20.3. The molecule has 2 aliphatic rings. The van der Waals surface area contributed by atoms with Gasteiger partial charge in [-0.3, -0.25) is 14.5 Å². The van der Waals surface area contributed by atoms with Gasteiger partial charge in [-0.25, -0.2) is 9.78 Å². The SMILES string of the molecule is CCC(C)(C)C1CCC2(CC1)NC(=O)N(CC(=O)Nc1ccc(C)cn1)C2=O. The minimum Gasteiger partial charge on any atom is -0.323 e. The van der Waals surface area contributed by atoms with Crippen molar-refractivity contribution in [3.63, 3.8) is 0 Å². The second-order valence-electron chi connectivity index (χ2n) is 8.79. The standard InChI is InChI=1S/C21H30N4O3/c1-5-20(3,4)15-8-10-21(11-9-15)18(27)25(19(28)24-21)13-17(26)23-16-7-6-14(2)12-22-16/h6-7,12,15H,5,8-11,13H2,1-4H3,(H,24,28)(H,22,23,26). The monoisotopic (exact) mass is 386 g/mol. The lowest BCUT2D eigenvalue weighted by Crippen LogP contribution is -2.51. The van der Waals surface area contributed by atoms with Gasteiger partial charge in [-0.2, -0.15) is 0 Å². The summed E-state index contributed by atoms with van der Waals surface area (Å²) in [4.78, 5) is 42.9. The van der Waals surface area contributed by atoms with Crippen LogP contribution in [0.2, 0.25) is 0 Å². The molecule has 1 saturated carbocycles. The number of amides is 4. The number of rotatable bonds is 5. The van der Waals surface area contributed by atoms with E-state index in [0.717, 1.165) is 29.7 Å². The summed E-state index contributed by atoms with van der Waals surface area (Å²) in [5.74, 6) is 0.229. The van der Waals surface area contributed by atoms with Crippen LogP contribution in [-0.4, -0.2) is 39.8 Å². The molecule has 4 amide bonds. The van der Waals surface area contributed by atoms with Crippen molar-refractivity contribution >= 4 is 23.7 Å². The van der Waals surface area contributed by atoms with Crippen molar-refractivity contribution in [3.8, 4) is 0 Å². The molecule has 2 N–H and O–H groups in total. The molecule has 0 atom stereocenters. The maximum absolute atomic E-state index is 13.0. The van der Waals surface area contributed by atoms with Gasteiger partial charge in [0, 0.05) is 6.20 Å². The summed E-state index contributed by atoms with van der Waals surface area (Å²) in [6, 6.07) is 3.05. The number of nitrogens with zero attached hydrogens (tertiary/aromatic N) is 2. The van der Waals surface area contributed by atoms with E-state index in [1.165, 1.54) is 0 Å². The number of aromatic nitrogens is 1. The summed E-state index contributed by atoms with van der Waals surface area (Å²) in [5, 5.41) is 5.52. The molecule has 3 rings (SSSR count). The highest BCUT2D eigenvalue weighted by atomic mass is 16.2. The molecule has 7 nitrogen and oxygen atoms in total. The van der Waals surface area contributed by atoms with Crippen molar-refractivity contribution in [2.24, 2.45) is 11.3 Å². The van der Waals surface area contributed by atoms with Crippen LogP contribution in [0, 0.1) is 18.3 Å². The van der Waals surface area contributed by atoms with Crippen molar-refractivity contribution in [2.45, 2.75) is 65.3 Å². The Morgan fingerprint density at radius 3 is 2.57 bits per heavy atom. The van der Waals surface area contributed by atoms with Crippen LogP contribution >= 0.6 is 0 Å². The van der Waals surface area contributed by atoms with Crippen LogP contribution < -0.4 is 10.6 Å². The predicted octanol–water partition coefficient (Wildman–Crippen LogP) is 3.25. The number of carbonyl (C=O) groups is 3. The number of nitrogens with one attached hydrogen (secondary N) is 2. The van der Waals surface area contributed by atoms with Gasteiger partial charge in [-0.05, 0) is 55.6 Å². The molecule has 1 aliphatic carbocycles. The fraction of sp³-hybridized carbons (Fsp3) is 0.619. The summed E-state index contributed by atoms with van der Waals surface area (Å²) in [7, 11) is 0. The van der Waals surface area contributed by atoms with Crippen molar-refractivity contribution in [2.75, 3.05) is 11.9 Å². The molecule has 1 aliphatic heterocycles. The van der Waals surface area contributed by atoms with E-state index >= 15 is 0 Å². The number of aryl methyl sites for hydroxylation is 1. The molecular weight excluding hydrogens is 356 g/mol. The van der Waals surface area contributed by atoms with Crippen molar-refractivity contribution in [1.82, 2.24) is 15.2 Å². The lowest BCUT2D eigenvalue weighted by atomic mass is 9.65. The van der Waals surface area contributed by atoms with Crippen LogP contribution in [0.25, 0.3) is 0 Å². The van der Waals surface area contributed by atoms with Gasteiger partial charge in [0.1, 0.15) is 17.9 Å². The first-order valence-electron chi connectivity index (χ1n) is 10.0. The molecule has 0 bridgehead atoms. The van der Waals surface area contributed by atoms with Crippen molar-refractivity contribution in [1.29, 1.82) is 0 Å². The fourth-order valence-electron chi connectivity index (χ4n) is 4.21. The average Bonchev–Trinajstić information content (AvgIpc) is 2.88. The summed E-state index contributed by atoms with van der Waals surface area (Å²) >= 11 is 0. The number of anilines is 1. The Balaban J connectivity index is 1.62. The zero-order valence-corrected chi connectivity index (χ0v) is 17.2. The Hall–Kier alpha value is -2.44. The summed E-state index contributed by atoms with van der Waals surface area (Å²) in [5.41, 5.74) is 0.365. The number of hydrogen-bond donors (Lipinski definition) is 2. The minimum absolute atomic E-state index is 0.230. The van der Waals surface area contributed by atoms with E-state index in [0.29, 0.717) is 24.6 Å². The van der Waals surface area contributed by atoms with Gasteiger partial charge < -0.3 is 10.6 Å². The van der Waals surface area contributed by atoms with Gasteiger partial charge in [0.05, 0.1) is 0 Å². The minimum atomic E-state index is -0.847. The summed E-state index contributed by atoms with van der Waals surface area (Å²) in [6.07, 6.45) is 5.80. The molecule has 28 heavy (non-hydrogen) atoms. The van der Waals surface area contributed by atoms with Gasteiger partial charge in [0.2, 0.25) is 5.91 Å². The van der Waals surface area contributed by atoms with Gasteiger partial charge in [0.15, 0.2) is 0 Å². The maximum atomic E-state index is 13.0. The molecule has 0 radical (unpaired) electrons. The molecule has 1 aromatic rings. The molecule has 2 fully saturated rings. The third kappa shape index (κ3) is 3.88. The second-order valence-corrected chi connectivity index (χ2v) is 8.79. The van der Waals surface area contributed by atoms with E-state index in [4.69, 9.17) is 0 Å². The highest BCUT2D eigenvalue weighted by Crippen LogP contribution is 2.45. The topological polar surface area (TPSA) is 91.4 Å². The number of imide groups is 1. The number of urea groups is 1. The lowest BCUT2D eigenvalue weighted by molar-refractivity contribution is -0.135. The average molecular weight is 386 g/mol. The van der Waals surface area contributed by atoms with E-state index < -0.39 is 17.5 Å². The normalized spacial score (nSPS) is 25.1. The highest BCUT2D eigenvalue weighted by Gasteiger charge is 2.53. The zero-order valence-electron chi connectivity index (χ0n) is 17.2. The Labute approximate surface area is 166 Å². The van der Waals surface area contributed by atoms with E-state index in [9.17, 15) is 14.4 Å². The van der Waals surface area contributed by atoms with Gasteiger partial charge in [-0.15, -0.1) is 0 Å². The lowest BCUT2D eigenvalue weighted by Gasteiger charge is -2.42. The third-order valence-corrected chi connectivity index (χ3v) is 6.58. The summed E-state index contributed by atoms with van der Waals surface area (Å²) < 4.78 is 0. The van der Waals surface area contributed by atoms with Crippen LogP contribution in [0.3, 0.4) is 0 Å². The molecule has 152 valence electrons. The molecule has 2 heterocycles. The van der Waals surface area contributed by atoms with E-state index in [2.05, 4.69) is 36.4 Å². The van der Waals surface area contributed by atoms with Crippen LogP contribution in [0.15, 0.2) is 18.3 Å². The number of hydrogen-bond acceptors (Lipinski definition) is 4. The third-order valence-electron chi connectivity index (χ3n) is 6.58. The predicted molar refractivity (Wildman–Crippen MR) is 107 cm³/mol. The van der Waals surface area contributed by atoms with Crippen molar-refractivity contribution < 1.29 is 14.4 Å². The van der Waals surface area contributed by atoms with Crippen LogP contribution in [0.1, 0.15) is 58.4 Å². The molecule has 7 heteroatoms. The first-order valence-corrected chi connectivity index (χ1v) is 10.0. The van der Waals surface area contributed by atoms with Crippen molar-refractivity contribution in [3.05, 3.63) is 23.9 Å². The molecular formula is C21H30N4O3. The van der Waals surface area contributed by atoms with E-state index in [-0.39, 0.29) is 17.9 Å².